The molecule has 0 bridgehead atoms. The predicted molar refractivity (Wildman–Crippen MR) is 103 cm³/mol. The molecule has 0 atom stereocenters. The molecule has 152 valence electrons. The molecular weight excluding hydrogens is 370 g/mol. The minimum absolute atomic E-state index is 0.0183. The third-order valence-corrected chi connectivity index (χ3v) is 6.65. The smallest absolute Gasteiger partial charge is 0.243 e. The first-order valence-corrected chi connectivity index (χ1v) is 10.5. The van der Waals surface area contributed by atoms with Gasteiger partial charge in [0.25, 0.3) is 0 Å². The molecule has 1 aliphatic rings. The van der Waals surface area contributed by atoms with Crippen LogP contribution in [0.1, 0.15) is 19.3 Å². The molecule has 1 aliphatic heterocycles. The predicted octanol–water partition coefficient (Wildman–Crippen LogP) is 0.830. The highest BCUT2D eigenvalue weighted by atomic mass is 32.2. The molecular formula is C18H29N3O5S. The van der Waals surface area contributed by atoms with E-state index in [-0.39, 0.29) is 10.8 Å². The second-order valence-electron chi connectivity index (χ2n) is 6.52. The number of nitrogens with zero attached hydrogens (tertiary/aromatic N) is 1. The number of carbonyl (C=O) groups excluding carboxylic acids is 1. The summed E-state index contributed by atoms with van der Waals surface area (Å²) in [6.07, 6.45) is 1.89. The maximum Gasteiger partial charge on any atom is 0.243 e. The number of nitrogens with one attached hydrogen (secondary N) is 2. The molecule has 1 heterocycles. The first-order chi connectivity index (χ1) is 12.9. The molecule has 27 heavy (non-hydrogen) atoms. The Morgan fingerprint density at radius 1 is 1.19 bits per heavy atom. The summed E-state index contributed by atoms with van der Waals surface area (Å²) in [5.74, 6) is 1.19. The Balaban J connectivity index is 1.93. The van der Waals surface area contributed by atoms with Gasteiger partial charge >= 0.3 is 0 Å². The summed E-state index contributed by atoms with van der Waals surface area (Å²) in [4.78, 5) is 11.9. The lowest BCUT2D eigenvalue weighted by Crippen LogP contribution is -2.41. The van der Waals surface area contributed by atoms with Gasteiger partial charge in [-0.25, -0.2) is 8.42 Å². The number of ether oxygens (including phenoxy) is 2. The van der Waals surface area contributed by atoms with Crippen LogP contribution in [0.5, 0.6) is 11.5 Å². The van der Waals surface area contributed by atoms with Crippen molar-refractivity contribution in [3.8, 4) is 11.5 Å². The highest BCUT2D eigenvalue weighted by Gasteiger charge is 2.30. The third kappa shape index (κ3) is 5.57. The van der Waals surface area contributed by atoms with E-state index in [1.165, 1.54) is 30.7 Å². The standard InChI is InChI=1S/C18H29N3O5S/c1-19-9-6-18(22)20-13-14-7-10-21(11-8-14)27(23,24)15-4-5-16(25-2)17(12-15)26-3/h4-5,12,14,19H,6-11,13H2,1-3H3,(H,20,22). The van der Waals surface area contributed by atoms with Gasteiger partial charge in [-0.15, -0.1) is 0 Å². The third-order valence-electron chi connectivity index (χ3n) is 4.76. The average Bonchev–Trinajstić information content (AvgIpc) is 2.70. The number of carbonyl (C=O) groups is 1. The number of hydrogen-bond donors (Lipinski definition) is 2. The van der Waals surface area contributed by atoms with E-state index in [4.69, 9.17) is 9.47 Å². The number of rotatable bonds is 9. The highest BCUT2D eigenvalue weighted by molar-refractivity contribution is 7.89. The molecule has 0 radical (unpaired) electrons. The van der Waals surface area contributed by atoms with Crippen LogP contribution in [-0.2, 0) is 14.8 Å². The summed E-state index contributed by atoms with van der Waals surface area (Å²) in [5.41, 5.74) is 0. The van der Waals surface area contributed by atoms with E-state index in [9.17, 15) is 13.2 Å². The quantitative estimate of drug-likeness (QED) is 0.638. The lowest BCUT2D eigenvalue weighted by molar-refractivity contribution is -0.121. The van der Waals surface area contributed by atoms with Crippen molar-refractivity contribution in [1.82, 2.24) is 14.9 Å². The number of piperidine rings is 1. The minimum atomic E-state index is -3.58. The van der Waals surface area contributed by atoms with Gasteiger partial charge in [0.15, 0.2) is 11.5 Å². The monoisotopic (exact) mass is 399 g/mol. The topological polar surface area (TPSA) is 97.0 Å². The highest BCUT2D eigenvalue weighted by Crippen LogP contribution is 2.31. The molecule has 0 saturated carbocycles. The summed E-state index contributed by atoms with van der Waals surface area (Å²) in [7, 11) is 1.21. The van der Waals surface area contributed by atoms with Crippen molar-refractivity contribution in [1.29, 1.82) is 0 Å². The molecule has 9 heteroatoms. The van der Waals surface area contributed by atoms with Crippen molar-refractivity contribution in [3.05, 3.63) is 18.2 Å². The lowest BCUT2D eigenvalue weighted by atomic mass is 9.98. The second-order valence-corrected chi connectivity index (χ2v) is 8.46. The summed E-state index contributed by atoms with van der Waals surface area (Å²) in [6, 6.07) is 4.62. The van der Waals surface area contributed by atoms with Gasteiger partial charge in [-0.1, -0.05) is 0 Å². The fourth-order valence-electron chi connectivity index (χ4n) is 3.06. The molecule has 2 N–H and O–H groups in total. The van der Waals surface area contributed by atoms with Crippen LogP contribution >= 0.6 is 0 Å². The zero-order chi connectivity index (χ0) is 19.9. The van der Waals surface area contributed by atoms with E-state index in [1.54, 1.807) is 6.07 Å². The molecule has 8 nitrogen and oxygen atoms in total. The maximum atomic E-state index is 12.9. The van der Waals surface area contributed by atoms with E-state index in [1.807, 2.05) is 7.05 Å². The van der Waals surface area contributed by atoms with Gasteiger partial charge in [0.05, 0.1) is 19.1 Å². The van der Waals surface area contributed by atoms with Gasteiger partial charge in [-0.2, -0.15) is 4.31 Å². The van der Waals surface area contributed by atoms with Gasteiger partial charge in [-0.3, -0.25) is 4.79 Å². The van der Waals surface area contributed by atoms with E-state index >= 15 is 0 Å². The maximum absolute atomic E-state index is 12.9. The normalized spacial score (nSPS) is 16.1. The van der Waals surface area contributed by atoms with Crippen molar-refractivity contribution >= 4 is 15.9 Å². The van der Waals surface area contributed by atoms with Crippen LogP contribution < -0.4 is 20.1 Å². The number of benzene rings is 1. The zero-order valence-corrected chi connectivity index (χ0v) is 17.0. The van der Waals surface area contributed by atoms with E-state index in [0.717, 1.165) is 12.8 Å². The largest absolute Gasteiger partial charge is 0.493 e. The Kier molecular flexibility index (Phi) is 7.88. The van der Waals surface area contributed by atoms with Crippen LogP contribution in [0.15, 0.2) is 23.1 Å². The molecule has 1 amide bonds. The average molecular weight is 400 g/mol. The van der Waals surface area contributed by atoms with Crippen LogP contribution in [0.3, 0.4) is 0 Å². The Labute approximate surface area is 161 Å². The Bertz CT molecular complexity index is 731. The van der Waals surface area contributed by atoms with Crippen LogP contribution in [0, 0.1) is 5.92 Å². The lowest BCUT2D eigenvalue weighted by Gasteiger charge is -2.31. The van der Waals surface area contributed by atoms with E-state index < -0.39 is 10.0 Å². The number of hydrogen-bond acceptors (Lipinski definition) is 6. The number of methoxy groups -OCH3 is 2. The first-order valence-electron chi connectivity index (χ1n) is 9.05. The van der Waals surface area contributed by atoms with Gasteiger partial charge in [-0.05, 0) is 37.9 Å². The second kappa shape index (κ2) is 9.91. The fraction of sp³-hybridized carbons (Fsp3) is 0.611. The molecule has 0 spiro atoms. The van der Waals surface area contributed by atoms with E-state index in [2.05, 4.69) is 10.6 Å². The van der Waals surface area contributed by atoms with Crippen molar-refractivity contribution in [2.75, 3.05) is 47.4 Å². The molecule has 1 saturated heterocycles. The van der Waals surface area contributed by atoms with Crippen molar-refractivity contribution in [3.63, 3.8) is 0 Å². The van der Waals surface area contributed by atoms with Crippen LogP contribution in [0.25, 0.3) is 0 Å². The van der Waals surface area contributed by atoms with Crippen LogP contribution in [0.2, 0.25) is 0 Å². The number of sulfonamides is 1. The van der Waals surface area contributed by atoms with Gasteiger partial charge in [0, 0.05) is 38.7 Å². The van der Waals surface area contributed by atoms with Crippen molar-refractivity contribution < 1.29 is 22.7 Å². The fourth-order valence-corrected chi connectivity index (χ4v) is 4.55. The minimum Gasteiger partial charge on any atom is -0.493 e. The Morgan fingerprint density at radius 2 is 1.85 bits per heavy atom. The summed E-state index contributed by atoms with van der Waals surface area (Å²) in [6.45, 7) is 2.11. The number of amides is 1. The summed E-state index contributed by atoms with van der Waals surface area (Å²) >= 11 is 0. The molecule has 1 aromatic rings. The van der Waals surface area contributed by atoms with Crippen molar-refractivity contribution in [2.45, 2.75) is 24.2 Å². The Hall–Kier alpha value is -1.84. The molecule has 0 aliphatic carbocycles. The molecule has 0 unspecified atom stereocenters. The van der Waals surface area contributed by atoms with E-state index in [0.29, 0.717) is 50.0 Å². The van der Waals surface area contributed by atoms with Crippen LogP contribution in [-0.4, -0.2) is 66.1 Å². The molecule has 1 aromatic carbocycles. The Morgan fingerprint density at radius 3 is 2.44 bits per heavy atom. The van der Waals surface area contributed by atoms with Gasteiger partial charge in [0.1, 0.15) is 0 Å². The first kappa shape index (κ1) is 21.5. The SMILES string of the molecule is CNCCC(=O)NCC1CCN(S(=O)(=O)c2ccc(OC)c(OC)c2)CC1. The molecule has 0 aromatic heterocycles. The van der Waals surface area contributed by atoms with Crippen LogP contribution in [0.4, 0.5) is 0 Å². The molecule has 1 fully saturated rings. The molecule has 2 rings (SSSR count). The van der Waals surface area contributed by atoms with Crippen molar-refractivity contribution in [2.24, 2.45) is 5.92 Å². The summed E-state index contributed by atoms with van der Waals surface area (Å²) in [5, 5.41) is 5.86. The summed E-state index contributed by atoms with van der Waals surface area (Å²) < 4.78 is 37.7. The van der Waals surface area contributed by atoms with Gasteiger partial charge in [0.2, 0.25) is 15.9 Å². The zero-order valence-electron chi connectivity index (χ0n) is 16.2. The van der Waals surface area contributed by atoms with Gasteiger partial charge < -0.3 is 20.1 Å².